The van der Waals surface area contributed by atoms with E-state index in [4.69, 9.17) is 10.5 Å². The molecule has 1 heterocycles. The molecule has 1 unspecified atom stereocenters. The Labute approximate surface area is 109 Å². The van der Waals surface area contributed by atoms with Crippen LogP contribution in [0.25, 0.3) is 0 Å². The molecular formula is C12H15BrN2O2. The van der Waals surface area contributed by atoms with Crippen molar-refractivity contribution in [3.05, 3.63) is 22.7 Å². The molecule has 1 aliphatic heterocycles. The van der Waals surface area contributed by atoms with Gasteiger partial charge in [0, 0.05) is 11.1 Å². The van der Waals surface area contributed by atoms with Gasteiger partial charge < -0.3 is 15.8 Å². The van der Waals surface area contributed by atoms with Crippen LogP contribution in [-0.4, -0.2) is 18.6 Å². The van der Waals surface area contributed by atoms with Crippen molar-refractivity contribution in [1.29, 1.82) is 0 Å². The van der Waals surface area contributed by atoms with Gasteiger partial charge in [-0.1, -0.05) is 15.9 Å². The quantitative estimate of drug-likeness (QED) is 0.825. The summed E-state index contributed by atoms with van der Waals surface area (Å²) in [4.78, 5) is 11.9. The number of carbonyl (C=O) groups excluding carboxylic acids is 1. The molecule has 0 saturated carbocycles. The molecule has 3 N–H and O–H groups in total. The summed E-state index contributed by atoms with van der Waals surface area (Å²) < 4.78 is 6.30. The van der Waals surface area contributed by atoms with Crippen LogP contribution in [-0.2, 0) is 9.53 Å². The Hall–Kier alpha value is -1.07. The summed E-state index contributed by atoms with van der Waals surface area (Å²) in [5.41, 5.74) is 6.99. The van der Waals surface area contributed by atoms with Crippen LogP contribution in [0.15, 0.2) is 22.7 Å². The van der Waals surface area contributed by atoms with Crippen molar-refractivity contribution in [2.24, 2.45) is 0 Å². The van der Waals surface area contributed by atoms with Gasteiger partial charge >= 0.3 is 0 Å². The van der Waals surface area contributed by atoms with Crippen molar-refractivity contribution in [2.45, 2.75) is 25.4 Å². The Morgan fingerprint density at radius 2 is 2.29 bits per heavy atom. The van der Waals surface area contributed by atoms with Crippen LogP contribution in [0.5, 0.6) is 0 Å². The average Bonchev–Trinajstić information content (AvgIpc) is 2.34. The predicted molar refractivity (Wildman–Crippen MR) is 70.8 cm³/mol. The highest BCUT2D eigenvalue weighted by Gasteiger charge is 2.22. The Morgan fingerprint density at radius 1 is 1.47 bits per heavy atom. The van der Waals surface area contributed by atoms with Gasteiger partial charge in [-0.25, -0.2) is 0 Å². The van der Waals surface area contributed by atoms with Crippen molar-refractivity contribution < 1.29 is 9.53 Å². The molecule has 1 aromatic rings. The molecule has 0 aromatic heterocycles. The van der Waals surface area contributed by atoms with E-state index in [-0.39, 0.29) is 12.0 Å². The van der Waals surface area contributed by atoms with E-state index in [1.807, 2.05) is 6.07 Å². The third kappa shape index (κ3) is 3.20. The lowest BCUT2D eigenvalue weighted by molar-refractivity contribution is -0.129. The molecule has 0 radical (unpaired) electrons. The standard InChI is InChI=1S/C12H15BrN2O2/c13-8-4-5-10(9(14)7-8)15-12(16)11-3-1-2-6-17-11/h4-5,7,11H,1-3,6,14H2,(H,15,16). The fourth-order valence-corrected chi connectivity index (χ4v) is 2.19. The van der Waals surface area contributed by atoms with Crippen LogP contribution < -0.4 is 11.1 Å². The maximum Gasteiger partial charge on any atom is 0.253 e. The second kappa shape index (κ2) is 5.51. The molecule has 1 amide bonds. The van der Waals surface area contributed by atoms with Crippen LogP contribution >= 0.6 is 15.9 Å². The maximum atomic E-state index is 11.9. The number of hydrogen-bond acceptors (Lipinski definition) is 3. The SMILES string of the molecule is Nc1cc(Br)ccc1NC(=O)C1CCCCO1. The normalized spacial score (nSPS) is 19.9. The molecule has 92 valence electrons. The zero-order valence-corrected chi connectivity index (χ0v) is 11.0. The minimum atomic E-state index is -0.341. The highest BCUT2D eigenvalue weighted by molar-refractivity contribution is 9.10. The number of anilines is 2. The molecule has 1 fully saturated rings. The van der Waals surface area contributed by atoms with E-state index in [0.717, 1.165) is 23.7 Å². The van der Waals surface area contributed by atoms with Crippen molar-refractivity contribution in [2.75, 3.05) is 17.7 Å². The summed E-state index contributed by atoms with van der Waals surface area (Å²) in [6, 6.07) is 5.38. The van der Waals surface area contributed by atoms with Gasteiger partial charge in [0.15, 0.2) is 0 Å². The summed E-state index contributed by atoms with van der Waals surface area (Å²) in [6.07, 6.45) is 2.51. The van der Waals surface area contributed by atoms with Crippen LogP contribution in [0.1, 0.15) is 19.3 Å². The molecule has 17 heavy (non-hydrogen) atoms. The fraction of sp³-hybridized carbons (Fsp3) is 0.417. The van der Waals surface area contributed by atoms with Gasteiger partial charge in [0.25, 0.3) is 5.91 Å². The molecule has 5 heteroatoms. The number of rotatable bonds is 2. The summed E-state index contributed by atoms with van der Waals surface area (Å²) in [6.45, 7) is 0.661. The van der Waals surface area contributed by atoms with Gasteiger partial charge in [-0.3, -0.25) is 4.79 Å². The monoisotopic (exact) mass is 298 g/mol. The van der Waals surface area contributed by atoms with Gasteiger partial charge in [-0.2, -0.15) is 0 Å². The van der Waals surface area contributed by atoms with E-state index >= 15 is 0 Å². The van der Waals surface area contributed by atoms with Gasteiger partial charge in [0.05, 0.1) is 11.4 Å². The number of nitrogens with one attached hydrogen (secondary N) is 1. The molecule has 0 spiro atoms. The van der Waals surface area contributed by atoms with Gasteiger partial charge in [0.1, 0.15) is 6.10 Å². The highest BCUT2D eigenvalue weighted by atomic mass is 79.9. The minimum absolute atomic E-state index is 0.112. The lowest BCUT2D eigenvalue weighted by Gasteiger charge is -2.22. The van der Waals surface area contributed by atoms with Crippen LogP contribution in [0.4, 0.5) is 11.4 Å². The Balaban J connectivity index is 2.02. The predicted octanol–water partition coefficient (Wildman–Crippen LogP) is 2.54. The van der Waals surface area contributed by atoms with Crippen molar-refractivity contribution >= 4 is 33.2 Å². The second-order valence-corrected chi connectivity index (χ2v) is 4.99. The minimum Gasteiger partial charge on any atom is -0.397 e. The van der Waals surface area contributed by atoms with E-state index in [0.29, 0.717) is 18.0 Å². The van der Waals surface area contributed by atoms with Crippen molar-refractivity contribution in [3.63, 3.8) is 0 Å². The number of nitrogen functional groups attached to an aromatic ring is 1. The average molecular weight is 299 g/mol. The smallest absolute Gasteiger partial charge is 0.253 e. The zero-order chi connectivity index (χ0) is 12.3. The lowest BCUT2D eigenvalue weighted by Crippen LogP contribution is -2.33. The number of carbonyl (C=O) groups is 1. The van der Waals surface area contributed by atoms with Gasteiger partial charge in [-0.05, 0) is 37.5 Å². The molecule has 0 bridgehead atoms. The third-order valence-corrected chi connectivity index (χ3v) is 3.24. The van der Waals surface area contributed by atoms with E-state index in [9.17, 15) is 4.79 Å². The molecule has 1 aromatic carbocycles. The molecule has 2 rings (SSSR count). The zero-order valence-electron chi connectivity index (χ0n) is 9.41. The first-order chi connectivity index (χ1) is 8.16. The van der Waals surface area contributed by atoms with Crippen molar-refractivity contribution in [3.8, 4) is 0 Å². The van der Waals surface area contributed by atoms with Crippen LogP contribution in [0.3, 0.4) is 0 Å². The number of hydrogen-bond donors (Lipinski definition) is 2. The molecule has 1 aliphatic rings. The second-order valence-electron chi connectivity index (χ2n) is 4.08. The van der Waals surface area contributed by atoms with Crippen LogP contribution in [0, 0.1) is 0 Å². The Morgan fingerprint density at radius 3 is 2.94 bits per heavy atom. The number of benzene rings is 1. The van der Waals surface area contributed by atoms with E-state index < -0.39 is 0 Å². The first-order valence-electron chi connectivity index (χ1n) is 5.64. The first kappa shape index (κ1) is 12.4. The van der Waals surface area contributed by atoms with E-state index in [2.05, 4.69) is 21.2 Å². The summed E-state index contributed by atoms with van der Waals surface area (Å²) in [5, 5.41) is 2.80. The third-order valence-electron chi connectivity index (χ3n) is 2.74. The lowest BCUT2D eigenvalue weighted by atomic mass is 10.1. The Kier molecular flexibility index (Phi) is 4.02. The summed E-state index contributed by atoms with van der Waals surface area (Å²) >= 11 is 3.32. The number of halogens is 1. The molecular weight excluding hydrogens is 284 g/mol. The van der Waals surface area contributed by atoms with Gasteiger partial charge in [0.2, 0.25) is 0 Å². The molecule has 0 aliphatic carbocycles. The largest absolute Gasteiger partial charge is 0.397 e. The Bertz CT molecular complexity index is 417. The van der Waals surface area contributed by atoms with E-state index in [1.165, 1.54) is 0 Å². The van der Waals surface area contributed by atoms with E-state index in [1.54, 1.807) is 12.1 Å². The highest BCUT2D eigenvalue weighted by Crippen LogP contribution is 2.24. The summed E-state index contributed by atoms with van der Waals surface area (Å²) in [7, 11) is 0. The van der Waals surface area contributed by atoms with Crippen molar-refractivity contribution in [1.82, 2.24) is 0 Å². The van der Waals surface area contributed by atoms with Gasteiger partial charge in [-0.15, -0.1) is 0 Å². The number of nitrogens with two attached hydrogens (primary N) is 1. The number of amides is 1. The fourth-order valence-electron chi connectivity index (χ4n) is 1.81. The molecule has 4 nitrogen and oxygen atoms in total. The molecule has 1 atom stereocenters. The summed E-state index contributed by atoms with van der Waals surface area (Å²) in [5.74, 6) is -0.112. The number of ether oxygens (including phenoxy) is 1. The maximum absolute atomic E-state index is 11.9. The molecule has 1 saturated heterocycles. The topological polar surface area (TPSA) is 64.3 Å². The first-order valence-corrected chi connectivity index (χ1v) is 6.43. The van der Waals surface area contributed by atoms with Crippen LogP contribution in [0.2, 0.25) is 0 Å².